The topological polar surface area (TPSA) is 130 Å². The number of nitrogens with one attached hydrogen (secondary N) is 2. The Labute approximate surface area is 146 Å². The van der Waals surface area contributed by atoms with Crippen LogP contribution in [0.4, 0.5) is 0 Å². The third kappa shape index (κ3) is 3.61. The zero-order chi connectivity index (χ0) is 18.5. The fourth-order valence-electron chi connectivity index (χ4n) is 2.21. The van der Waals surface area contributed by atoms with Crippen LogP contribution >= 0.6 is 0 Å². The Balaban J connectivity index is 1.84. The third-order valence-electron chi connectivity index (χ3n) is 3.50. The minimum Gasteiger partial charge on any atom is -0.494 e. The zero-order valence-corrected chi connectivity index (χ0v) is 13.4. The first-order chi connectivity index (χ1) is 12.6. The fraction of sp³-hybridized carbons (Fsp3) is 0.0588. The number of hydrazone groups is 1. The van der Waals surface area contributed by atoms with Crippen molar-refractivity contribution in [3.05, 3.63) is 86.5 Å². The highest BCUT2D eigenvalue weighted by molar-refractivity contribution is 5.94. The highest BCUT2D eigenvalue weighted by Gasteiger charge is 2.14. The van der Waals surface area contributed by atoms with Gasteiger partial charge in [-0.3, -0.25) is 19.1 Å². The van der Waals surface area contributed by atoms with E-state index in [4.69, 9.17) is 4.42 Å². The summed E-state index contributed by atoms with van der Waals surface area (Å²) >= 11 is 0. The normalized spacial score (nSPS) is 10.9. The maximum Gasteiger partial charge on any atom is 0.331 e. The van der Waals surface area contributed by atoms with Gasteiger partial charge in [-0.1, -0.05) is 18.2 Å². The zero-order valence-electron chi connectivity index (χ0n) is 13.4. The number of furan rings is 1. The van der Waals surface area contributed by atoms with Crippen LogP contribution in [0, 0.1) is 0 Å². The van der Waals surface area contributed by atoms with E-state index in [-0.39, 0.29) is 12.1 Å². The van der Waals surface area contributed by atoms with E-state index in [0.717, 1.165) is 10.8 Å². The van der Waals surface area contributed by atoms with Crippen molar-refractivity contribution in [3.63, 3.8) is 0 Å². The number of carbonyl (C=O) groups excluding carboxylic acids is 1. The van der Waals surface area contributed by atoms with Gasteiger partial charge in [0, 0.05) is 5.56 Å². The molecular weight excluding hydrogens is 340 g/mol. The van der Waals surface area contributed by atoms with Crippen LogP contribution in [-0.4, -0.2) is 26.8 Å². The van der Waals surface area contributed by atoms with Gasteiger partial charge in [-0.2, -0.15) is 5.10 Å². The molecule has 9 nitrogen and oxygen atoms in total. The summed E-state index contributed by atoms with van der Waals surface area (Å²) in [6.07, 6.45) is 2.39. The number of hydrogen-bond donors (Lipinski definition) is 3. The van der Waals surface area contributed by atoms with Crippen LogP contribution in [0.25, 0.3) is 0 Å². The van der Waals surface area contributed by atoms with Gasteiger partial charge in [0.2, 0.25) is 5.88 Å². The number of hydrogen-bond acceptors (Lipinski definition) is 6. The molecular formula is C17H14N4O5. The molecule has 3 rings (SSSR count). The first-order valence-corrected chi connectivity index (χ1v) is 7.53. The van der Waals surface area contributed by atoms with Crippen LogP contribution in [0.1, 0.15) is 21.7 Å². The average Bonchev–Trinajstić information content (AvgIpc) is 3.15. The molecule has 0 atom stereocenters. The molecule has 1 amide bonds. The van der Waals surface area contributed by atoms with E-state index in [9.17, 15) is 19.5 Å². The first kappa shape index (κ1) is 17.0. The molecule has 2 heterocycles. The molecule has 0 aliphatic rings. The second-order valence-electron chi connectivity index (χ2n) is 5.23. The molecule has 2 aromatic heterocycles. The molecule has 0 saturated heterocycles. The summed E-state index contributed by atoms with van der Waals surface area (Å²) in [4.78, 5) is 37.8. The average molecular weight is 354 g/mol. The molecule has 0 aliphatic carbocycles. The number of carbonyl (C=O) groups is 1. The maximum atomic E-state index is 11.9. The number of H-pyrrole nitrogens is 1. The highest BCUT2D eigenvalue weighted by Crippen LogP contribution is 2.11. The van der Waals surface area contributed by atoms with Crippen molar-refractivity contribution in [1.82, 2.24) is 15.0 Å². The molecule has 0 spiro atoms. The van der Waals surface area contributed by atoms with Crippen molar-refractivity contribution < 1.29 is 14.3 Å². The number of aromatic nitrogens is 2. The lowest BCUT2D eigenvalue weighted by atomic mass is 10.2. The van der Waals surface area contributed by atoms with Crippen LogP contribution in [-0.2, 0) is 6.54 Å². The molecule has 9 heteroatoms. The van der Waals surface area contributed by atoms with E-state index in [0.29, 0.717) is 11.3 Å². The van der Waals surface area contributed by atoms with Gasteiger partial charge in [-0.05, 0) is 24.3 Å². The Kier molecular flexibility index (Phi) is 4.79. The van der Waals surface area contributed by atoms with E-state index in [1.54, 1.807) is 42.5 Å². The predicted molar refractivity (Wildman–Crippen MR) is 92.3 cm³/mol. The van der Waals surface area contributed by atoms with E-state index in [1.165, 1.54) is 6.26 Å². The van der Waals surface area contributed by atoms with Crippen LogP contribution in [0.5, 0.6) is 5.88 Å². The standard InChI is InChI=1S/C17H14N4O5/c22-14(11-5-2-1-3-6-11)20-18-9-13-15(23)19-17(25)21(16(13)24)10-12-7-4-8-26-12/h1-9,24H,10H2,(H,20,22)(H,19,23,25). The minimum absolute atomic E-state index is 0.0777. The van der Waals surface area contributed by atoms with Crippen molar-refractivity contribution >= 4 is 12.1 Å². The van der Waals surface area contributed by atoms with Gasteiger partial charge in [0.15, 0.2) is 0 Å². The molecule has 0 saturated carbocycles. The van der Waals surface area contributed by atoms with Gasteiger partial charge in [0.1, 0.15) is 11.3 Å². The minimum atomic E-state index is -0.832. The third-order valence-corrected chi connectivity index (χ3v) is 3.50. The lowest BCUT2D eigenvalue weighted by Crippen LogP contribution is -2.32. The quantitative estimate of drug-likeness (QED) is 0.457. The molecule has 1 aromatic carbocycles. The smallest absolute Gasteiger partial charge is 0.331 e. The summed E-state index contributed by atoms with van der Waals surface area (Å²) in [7, 11) is 0. The molecule has 0 aliphatic heterocycles. The van der Waals surface area contributed by atoms with Gasteiger partial charge >= 0.3 is 5.69 Å². The number of amides is 1. The van der Waals surface area contributed by atoms with Crippen LogP contribution in [0.3, 0.4) is 0 Å². The summed E-state index contributed by atoms with van der Waals surface area (Å²) in [6.45, 7) is -0.0777. The van der Waals surface area contributed by atoms with Crippen LogP contribution < -0.4 is 16.7 Å². The van der Waals surface area contributed by atoms with E-state index >= 15 is 0 Å². The molecule has 0 unspecified atom stereocenters. The molecule has 0 radical (unpaired) electrons. The Morgan fingerprint density at radius 1 is 1.23 bits per heavy atom. The number of aromatic amines is 1. The number of nitrogens with zero attached hydrogens (tertiary/aromatic N) is 2. The predicted octanol–water partition coefficient (Wildman–Crippen LogP) is 0.647. The van der Waals surface area contributed by atoms with Crippen molar-refractivity contribution in [1.29, 1.82) is 0 Å². The molecule has 3 N–H and O–H groups in total. The number of benzene rings is 1. The SMILES string of the molecule is O=C(NN=Cc1c(O)n(Cc2ccco2)c(=O)[nH]c1=O)c1ccccc1. The van der Waals surface area contributed by atoms with Gasteiger partial charge in [0.25, 0.3) is 11.5 Å². The Bertz CT molecular complexity index is 1050. The second kappa shape index (κ2) is 7.34. The second-order valence-corrected chi connectivity index (χ2v) is 5.23. The largest absolute Gasteiger partial charge is 0.494 e. The number of rotatable bonds is 5. The van der Waals surface area contributed by atoms with Gasteiger partial charge in [-0.15, -0.1) is 0 Å². The van der Waals surface area contributed by atoms with Crippen molar-refractivity contribution in [2.45, 2.75) is 6.54 Å². The summed E-state index contributed by atoms with van der Waals surface area (Å²) in [5.74, 6) is -0.663. The molecule has 0 bridgehead atoms. The molecule has 0 fully saturated rings. The summed E-state index contributed by atoms with van der Waals surface area (Å²) in [5, 5.41) is 13.9. The maximum absolute atomic E-state index is 11.9. The Hall–Kier alpha value is -3.88. The van der Waals surface area contributed by atoms with Crippen molar-refractivity contribution in [2.24, 2.45) is 5.10 Å². The lowest BCUT2D eigenvalue weighted by Gasteiger charge is -2.07. The number of aromatic hydroxyl groups is 1. The van der Waals surface area contributed by atoms with Gasteiger partial charge in [0.05, 0.1) is 19.0 Å². The molecule has 3 aromatic rings. The monoisotopic (exact) mass is 354 g/mol. The van der Waals surface area contributed by atoms with E-state index in [2.05, 4.69) is 15.5 Å². The van der Waals surface area contributed by atoms with Crippen molar-refractivity contribution in [2.75, 3.05) is 0 Å². The Morgan fingerprint density at radius 3 is 2.69 bits per heavy atom. The molecule has 132 valence electrons. The van der Waals surface area contributed by atoms with Gasteiger partial charge < -0.3 is 9.52 Å². The Morgan fingerprint density at radius 2 is 2.00 bits per heavy atom. The summed E-state index contributed by atoms with van der Waals surface area (Å²) in [6, 6.07) is 11.6. The molecule has 26 heavy (non-hydrogen) atoms. The first-order valence-electron chi connectivity index (χ1n) is 7.53. The summed E-state index contributed by atoms with van der Waals surface area (Å²) < 4.78 is 6.04. The lowest BCUT2D eigenvalue weighted by molar-refractivity contribution is 0.0955. The summed E-state index contributed by atoms with van der Waals surface area (Å²) in [5.41, 5.74) is 0.719. The van der Waals surface area contributed by atoms with Crippen molar-refractivity contribution in [3.8, 4) is 5.88 Å². The van der Waals surface area contributed by atoms with Crippen LogP contribution in [0.2, 0.25) is 0 Å². The van der Waals surface area contributed by atoms with Gasteiger partial charge in [-0.25, -0.2) is 10.2 Å². The van der Waals surface area contributed by atoms with E-state index < -0.39 is 23.0 Å². The van der Waals surface area contributed by atoms with Crippen LogP contribution in [0.15, 0.2) is 67.8 Å². The highest BCUT2D eigenvalue weighted by atomic mass is 16.3. The van der Waals surface area contributed by atoms with E-state index in [1.807, 2.05) is 0 Å². The fourth-order valence-corrected chi connectivity index (χ4v) is 2.21.